The average Bonchev–Trinajstić information content (AvgIpc) is 2.49. The molecule has 6 heteroatoms. The molecule has 0 aromatic heterocycles. The van der Waals surface area contributed by atoms with Crippen molar-refractivity contribution in [1.29, 1.82) is 0 Å². The molecule has 114 valence electrons. The number of thiocarbonyl (C=S) groups is 1. The fourth-order valence-electron chi connectivity index (χ4n) is 2.45. The Balaban J connectivity index is 1.90. The van der Waals surface area contributed by atoms with Crippen LogP contribution in [0.5, 0.6) is 0 Å². The van der Waals surface area contributed by atoms with Crippen molar-refractivity contribution in [2.24, 2.45) is 11.1 Å². The Morgan fingerprint density at radius 2 is 1.95 bits per heavy atom. The predicted molar refractivity (Wildman–Crippen MR) is 82.4 cm³/mol. The molecule has 0 atom stereocenters. The highest BCUT2D eigenvalue weighted by molar-refractivity contribution is 7.80. The number of hydrogen-bond acceptors (Lipinski definition) is 3. The number of nitrogens with one attached hydrogen (secondary N) is 1. The summed E-state index contributed by atoms with van der Waals surface area (Å²) < 4.78 is 18.1. The molecule has 0 unspecified atom stereocenters. The van der Waals surface area contributed by atoms with E-state index in [1.807, 2.05) is 0 Å². The summed E-state index contributed by atoms with van der Waals surface area (Å²) in [5.41, 5.74) is 5.95. The molecule has 1 aromatic rings. The number of benzene rings is 1. The van der Waals surface area contributed by atoms with E-state index in [1.165, 1.54) is 12.1 Å². The van der Waals surface area contributed by atoms with Crippen LogP contribution in [0.1, 0.15) is 18.4 Å². The average molecular weight is 310 g/mol. The normalized spacial score (nSPS) is 17.2. The van der Waals surface area contributed by atoms with Crippen molar-refractivity contribution in [1.82, 2.24) is 5.32 Å². The van der Waals surface area contributed by atoms with E-state index in [9.17, 15) is 9.18 Å². The number of ether oxygens (including phenoxy) is 1. The fourth-order valence-corrected chi connectivity index (χ4v) is 2.74. The van der Waals surface area contributed by atoms with Gasteiger partial charge in [-0.3, -0.25) is 4.79 Å². The molecule has 0 radical (unpaired) electrons. The number of amides is 1. The van der Waals surface area contributed by atoms with Gasteiger partial charge in [-0.1, -0.05) is 24.4 Å². The molecule has 0 spiro atoms. The molecule has 0 saturated carbocycles. The van der Waals surface area contributed by atoms with Crippen LogP contribution in [-0.2, 0) is 16.0 Å². The maximum atomic E-state index is 12.8. The van der Waals surface area contributed by atoms with Gasteiger partial charge in [0.2, 0.25) is 5.91 Å². The largest absolute Gasteiger partial charge is 0.392 e. The summed E-state index contributed by atoms with van der Waals surface area (Å²) in [6.07, 6.45) is 1.67. The fraction of sp³-hybridized carbons (Fsp3) is 0.467. The summed E-state index contributed by atoms with van der Waals surface area (Å²) in [4.78, 5) is 12.6. The summed E-state index contributed by atoms with van der Waals surface area (Å²) in [6, 6.07) is 6.23. The molecule has 4 nitrogen and oxygen atoms in total. The molecule has 0 aliphatic carbocycles. The van der Waals surface area contributed by atoms with E-state index >= 15 is 0 Å². The van der Waals surface area contributed by atoms with Gasteiger partial charge in [0.15, 0.2) is 0 Å². The highest BCUT2D eigenvalue weighted by Gasteiger charge is 2.42. The number of hydrogen-bond donors (Lipinski definition) is 2. The van der Waals surface area contributed by atoms with Crippen LogP contribution in [0.15, 0.2) is 24.3 Å². The smallest absolute Gasteiger partial charge is 0.233 e. The zero-order valence-electron chi connectivity index (χ0n) is 11.7. The number of rotatable bonds is 5. The predicted octanol–water partition coefficient (Wildman–Crippen LogP) is 1.57. The van der Waals surface area contributed by atoms with Crippen LogP contribution in [-0.4, -0.2) is 30.7 Å². The van der Waals surface area contributed by atoms with E-state index < -0.39 is 5.41 Å². The highest BCUT2D eigenvalue weighted by Crippen LogP contribution is 2.31. The third-order valence-corrected chi connectivity index (χ3v) is 4.26. The first-order valence-corrected chi connectivity index (χ1v) is 7.36. The molecule has 3 N–H and O–H groups in total. The van der Waals surface area contributed by atoms with Crippen LogP contribution in [0.2, 0.25) is 0 Å². The van der Waals surface area contributed by atoms with Crippen molar-refractivity contribution in [3.05, 3.63) is 35.6 Å². The molecule has 21 heavy (non-hydrogen) atoms. The Kier molecular flexibility index (Phi) is 5.25. The van der Waals surface area contributed by atoms with Gasteiger partial charge in [0.05, 0.1) is 4.99 Å². The van der Waals surface area contributed by atoms with Gasteiger partial charge in [0, 0.05) is 19.8 Å². The molecule has 2 rings (SSSR count). The molecule has 1 heterocycles. The van der Waals surface area contributed by atoms with Gasteiger partial charge in [0.1, 0.15) is 11.2 Å². The van der Waals surface area contributed by atoms with Gasteiger partial charge in [0.25, 0.3) is 0 Å². The Labute approximate surface area is 128 Å². The molecular formula is C15H19FN2O2S. The highest BCUT2D eigenvalue weighted by atomic mass is 32.1. The van der Waals surface area contributed by atoms with E-state index in [0.29, 0.717) is 39.0 Å². The monoisotopic (exact) mass is 310 g/mol. The second kappa shape index (κ2) is 6.95. The summed E-state index contributed by atoms with van der Waals surface area (Å²) in [6.45, 7) is 1.45. The van der Waals surface area contributed by atoms with Crippen molar-refractivity contribution in [2.75, 3.05) is 19.8 Å². The van der Waals surface area contributed by atoms with Crippen LogP contribution in [0.4, 0.5) is 4.39 Å². The topological polar surface area (TPSA) is 64.4 Å². The minimum Gasteiger partial charge on any atom is -0.392 e. The van der Waals surface area contributed by atoms with Gasteiger partial charge >= 0.3 is 0 Å². The zero-order chi connectivity index (χ0) is 15.3. The first-order chi connectivity index (χ1) is 10.0. The Bertz CT molecular complexity index is 513. The van der Waals surface area contributed by atoms with Gasteiger partial charge in [-0.05, 0) is 37.0 Å². The first-order valence-electron chi connectivity index (χ1n) is 6.95. The number of carbonyl (C=O) groups excluding carboxylic acids is 1. The molecule has 1 aliphatic heterocycles. The summed E-state index contributed by atoms with van der Waals surface area (Å²) >= 11 is 5.08. The third-order valence-electron chi connectivity index (χ3n) is 3.87. The summed E-state index contributed by atoms with van der Waals surface area (Å²) in [7, 11) is 0. The van der Waals surface area contributed by atoms with Crippen molar-refractivity contribution in [2.45, 2.75) is 19.3 Å². The standard InChI is InChI=1S/C15H19FN2O2S/c16-12-3-1-11(2-4-12)5-8-18-14(19)15(13(17)21)6-9-20-10-7-15/h1-4H,5-10H2,(H2,17,21)(H,18,19). The van der Waals surface area contributed by atoms with Gasteiger partial charge in [-0.25, -0.2) is 4.39 Å². The van der Waals surface area contributed by atoms with Gasteiger partial charge in [-0.15, -0.1) is 0 Å². The minimum absolute atomic E-state index is 0.139. The Hall–Kier alpha value is -1.53. The second-order valence-corrected chi connectivity index (χ2v) is 5.63. The quantitative estimate of drug-likeness (QED) is 0.810. The lowest BCUT2D eigenvalue weighted by atomic mass is 9.79. The van der Waals surface area contributed by atoms with Crippen molar-refractivity contribution in [3.63, 3.8) is 0 Å². The van der Waals surface area contributed by atoms with Crippen LogP contribution in [0.3, 0.4) is 0 Å². The van der Waals surface area contributed by atoms with Crippen LogP contribution in [0, 0.1) is 11.2 Å². The lowest BCUT2D eigenvalue weighted by Gasteiger charge is -2.34. The zero-order valence-corrected chi connectivity index (χ0v) is 12.5. The Morgan fingerprint density at radius 3 is 2.52 bits per heavy atom. The third kappa shape index (κ3) is 3.77. The molecule has 0 bridgehead atoms. The molecular weight excluding hydrogens is 291 g/mol. The first kappa shape index (κ1) is 15.9. The minimum atomic E-state index is -0.795. The van der Waals surface area contributed by atoms with Crippen molar-refractivity contribution >= 4 is 23.1 Å². The van der Waals surface area contributed by atoms with Gasteiger partial charge in [-0.2, -0.15) is 0 Å². The molecule has 1 saturated heterocycles. The lowest BCUT2D eigenvalue weighted by molar-refractivity contribution is -0.131. The van der Waals surface area contributed by atoms with E-state index in [-0.39, 0.29) is 16.7 Å². The van der Waals surface area contributed by atoms with Crippen LogP contribution < -0.4 is 11.1 Å². The van der Waals surface area contributed by atoms with Crippen LogP contribution in [0.25, 0.3) is 0 Å². The Morgan fingerprint density at radius 1 is 1.33 bits per heavy atom. The van der Waals surface area contributed by atoms with Crippen molar-refractivity contribution < 1.29 is 13.9 Å². The van der Waals surface area contributed by atoms with Gasteiger partial charge < -0.3 is 15.8 Å². The molecule has 1 aromatic carbocycles. The van der Waals surface area contributed by atoms with E-state index in [1.54, 1.807) is 12.1 Å². The molecule has 1 amide bonds. The lowest BCUT2D eigenvalue weighted by Crippen LogP contribution is -2.52. The summed E-state index contributed by atoms with van der Waals surface area (Å²) in [5.74, 6) is -0.405. The number of carbonyl (C=O) groups is 1. The van der Waals surface area contributed by atoms with E-state index in [2.05, 4.69) is 5.32 Å². The second-order valence-electron chi connectivity index (χ2n) is 5.19. The van der Waals surface area contributed by atoms with Crippen molar-refractivity contribution in [3.8, 4) is 0 Å². The van der Waals surface area contributed by atoms with E-state index in [4.69, 9.17) is 22.7 Å². The maximum absolute atomic E-state index is 12.8. The molecule has 1 aliphatic rings. The van der Waals surface area contributed by atoms with Crippen LogP contribution >= 0.6 is 12.2 Å². The summed E-state index contributed by atoms with van der Waals surface area (Å²) in [5, 5.41) is 2.88. The van der Waals surface area contributed by atoms with E-state index in [0.717, 1.165) is 5.56 Å². The maximum Gasteiger partial charge on any atom is 0.233 e. The SMILES string of the molecule is NC(=S)C1(C(=O)NCCc2ccc(F)cc2)CCOCC1. The number of halogens is 1. The number of nitrogens with two attached hydrogens (primary N) is 1. The molecule has 1 fully saturated rings.